The highest BCUT2D eigenvalue weighted by Crippen LogP contribution is 2.61. The van der Waals surface area contributed by atoms with Gasteiger partial charge in [0.1, 0.15) is 0 Å². The number of aliphatic hydroxyl groups excluding tert-OH is 1. The number of ether oxygens (including phenoxy) is 1. The maximum Gasteiger partial charge on any atom is 0.268 e. The van der Waals surface area contributed by atoms with E-state index in [0.717, 1.165) is 31.2 Å². The van der Waals surface area contributed by atoms with Crippen LogP contribution in [-0.2, 0) is 31.3 Å². The van der Waals surface area contributed by atoms with Gasteiger partial charge in [-0.05, 0) is 61.8 Å². The van der Waals surface area contributed by atoms with Crippen molar-refractivity contribution in [2.45, 2.75) is 82.3 Å². The van der Waals surface area contributed by atoms with Crippen LogP contribution in [-0.4, -0.2) is 61.9 Å². The Morgan fingerprint density at radius 3 is 2.35 bits per heavy atom. The number of para-hydroxylation sites is 1. The van der Waals surface area contributed by atoms with Gasteiger partial charge in [0.05, 0.1) is 24.8 Å². The molecule has 1 N–H and O–H groups in total. The van der Waals surface area contributed by atoms with Crippen molar-refractivity contribution in [2.75, 3.05) is 29.5 Å². The van der Waals surface area contributed by atoms with E-state index in [1.165, 1.54) is 0 Å². The van der Waals surface area contributed by atoms with Crippen LogP contribution in [0, 0.1) is 5.92 Å². The minimum Gasteiger partial charge on any atom is -0.395 e. The van der Waals surface area contributed by atoms with Crippen molar-refractivity contribution in [3.05, 3.63) is 90.0 Å². The highest BCUT2D eigenvalue weighted by Gasteiger charge is 2.67. The Balaban J connectivity index is 1.42. The van der Waals surface area contributed by atoms with Crippen molar-refractivity contribution in [3.63, 3.8) is 0 Å². The van der Waals surface area contributed by atoms with Gasteiger partial charge in [-0.25, -0.2) is 0 Å². The van der Waals surface area contributed by atoms with E-state index >= 15 is 4.11 Å². The van der Waals surface area contributed by atoms with Gasteiger partial charge < -0.3 is 23.8 Å². The van der Waals surface area contributed by atoms with E-state index in [2.05, 4.69) is 0 Å². The number of benzene rings is 3. The third-order valence-electron chi connectivity index (χ3n) is 10.3. The third kappa shape index (κ3) is 6.33. The van der Waals surface area contributed by atoms with Gasteiger partial charge in [-0.3, -0.25) is 19.3 Å². The molecule has 0 unspecified atom stereocenters. The molecule has 3 aliphatic heterocycles. The zero-order valence-electron chi connectivity index (χ0n) is 28.1. The zero-order valence-corrected chi connectivity index (χ0v) is 29.1. The quantitative estimate of drug-likeness (QED) is 0.199. The summed E-state index contributed by atoms with van der Waals surface area (Å²) >= 11 is 0. The molecular formula is C38H46FN3O5Si. The number of carbonyl (C=O) groups excluding carboxylic acids is 3. The summed E-state index contributed by atoms with van der Waals surface area (Å²) in [6, 6.07) is 24.5. The molecule has 4 atom stereocenters. The van der Waals surface area contributed by atoms with Crippen LogP contribution < -0.4 is 9.80 Å². The first-order valence-electron chi connectivity index (χ1n) is 17.2. The third-order valence-corrected chi connectivity index (χ3v) is 12.8. The molecule has 3 amide bonds. The molecule has 254 valence electrons. The van der Waals surface area contributed by atoms with Crippen molar-refractivity contribution in [1.82, 2.24) is 4.90 Å². The van der Waals surface area contributed by atoms with Gasteiger partial charge in [0.15, 0.2) is 5.60 Å². The van der Waals surface area contributed by atoms with Gasteiger partial charge in [-0.1, -0.05) is 68.3 Å². The van der Waals surface area contributed by atoms with E-state index in [1.54, 1.807) is 22.9 Å². The maximum atomic E-state index is 16.5. The number of rotatable bonds is 9. The van der Waals surface area contributed by atoms with Gasteiger partial charge in [0.25, 0.3) is 5.91 Å². The smallest absolute Gasteiger partial charge is 0.268 e. The van der Waals surface area contributed by atoms with Crippen molar-refractivity contribution >= 4 is 43.2 Å². The van der Waals surface area contributed by atoms with Gasteiger partial charge in [-0.15, -0.1) is 0 Å². The predicted molar refractivity (Wildman–Crippen MR) is 187 cm³/mol. The zero-order chi connectivity index (χ0) is 34.1. The number of hydrogen-bond acceptors (Lipinski definition) is 5. The highest BCUT2D eigenvalue weighted by atomic mass is 28.4. The minimum atomic E-state index is -3.54. The summed E-state index contributed by atoms with van der Waals surface area (Å²) in [6.07, 6.45) is 3.28. The molecule has 0 saturated carbocycles. The molecular weight excluding hydrogens is 626 g/mol. The second-order valence-corrected chi connectivity index (χ2v) is 17.7. The molecule has 3 aliphatic rings. The Kier molecular flexibility index (Phi) is 9.88. The maximum absolute atomic E-state index is 16.5. The molecule has 2 saturated heterocycles. The molecule has 6 rings (SSSR count). The molecule has 2 fully saturated rings. The lowest BCUT2D eigenvalue weighted by molar-refractivity contribution is -0.149. The van der Waals surface area contributed by atoms with Gasteiger partial charge >= 0.3 is 0 Å². The SMILES string of the molecule is C[C@H]1[C@H]([Si](C)(C)F)[C@@H](CC(=O)N(CCO)Cc2ccccc2)O[C@]12C(=O)N(c1ccccc1)c1ccc(N3CCCCCCC3=O)cc12. The van der Waals surface area contributed by atoms with Crippen molar-refractivity contribution in [2.24, 2.45) is 5.92 Å². The molecule has 0 aromatic heterocycles. The van der Waals surface area contributed by atoms with E-state index in [4.69, 9.17) is 4.74 Å². The Labute approximate surface area is 283 Å². The number of amides is 3. The summed E-state index contributed by atoms with van der Waals surface area (Å²) in [5.41, 5.74) is 1.29. The highest BCUT2D eigenvalue weighted by molar-refractivity contribution is 6.72. The molecule has 3 aromatic rings. The van der Waals surface area contributed by atoms with E-state index in [1.807, 2.05) is 90.7 Å². The fourth-order valence-electron chi connectivity index (χ4n) is 8.11. The Morgan fingerprint density at radius 2 is 1.67 bits per heavy atom. The van der Waals surface area contributed by atoms with E-state index in [9.17, 15) is 19.5 Å². The summed E-state index contributed by atoms with van der Waals surface area (Å²) in [5.74, 6) is -1.13. The fraction of sp³-hybridized carbons (Fsp3) is 0.447. The van der Waals surface area contributed by atoms with Crippen LogP contribution in [0.5, 0.6) is 0 Å². The van der Waals surface area contributed by atoms with Crippen LogP contribution in [0.25, 0.3) is 0 Å². The van der Waals surface area contributed by atoms with Crippen LogP contribution >= 0.6 is 0 Å². The first-order valence-corrected chi connectivity index (χ1v) is 20.2. The van der Waals surface area contributed by atoms with E-state index in [0.29, 0.717) is 42.1 Å². The van der Waals surface area contributed by atoms with Gasteiger partial charge in [0, 0.05) is 54.5 Å². The number of carbonyl (C=O) groups is 3. The normalized spacial score (nSPS) is 24.5. The van der Waals surface area contributed by atoms with Crippen LogP contribution in [0.3, 0.4) is 0 Å². The summed E-state index contributed by atoms with van der Waals surface area (Å²) in [4.78, 5) is 47.2. The monoisotopic (exact) mass is 671 g/mol. The average molecular weight is 672 g/mol. The molecule has 0 radical (unpaired) electrons. The summed E-state index contributed by atoms with van der Waals surface area (Å²) in [7, 11) is -3.54. The summed E-state index contributed by atoms with van der Waals surface area (Å²) in [5, 5.41) is 9.83. The molecule has 3 aromatic carbocycles. The first-order chi connectivity index (χ1) is 23.1. The molecule has 48 heavy (non-hydrogen) atoms. The Morgan fingerprint density at radius 1 is 0.979 bits per heavy atom. The van der Waals surface area contributed by atoms with Crippen molar-refractivity contribution in [1.29, 1.82) is 0 Å². The number of anilines is 3. The lowest BCUT2D eigenvalue weighted by atomic mass is 9.82. The van der Waals surface area contributed by atoms with E-state index < -0.39 is 31.6 Å². The van der Waals surface area contributed by atoms with Gasteiger partial charge in [-0.2, -0.15) is 0 Å². The molecule has 1 spiro atoms. The number of hydrogen-bond donors (Lipinski definition) is 1. The Bertz CT molecular complexity index is 1630. The number of aliphatic hydroxyl groups is 1. The van der Waals surface area contributed by atoms with Crippen LogP contribution in [0.15, 0.2) is 78.9 Å². The van der Waals surface area contributed by atoms with Crippen LogP contribution in [0.2, 0.25) is 18.6 Å². The van der Waals surface area contributed by atoms with Gasteiger partial charge in [0.2, 0.25) is 20.2 Å². The minimum absolute atomic E-state index is 0.0503. The van der Waals surface area contributed by atoms with Crippen molar-refractivity contribution < 1.29 is 28.3 Å². The van der Waals surface area contributed by atoms with Crippen LogP contribution in [0.4, 0.5) is 21.2 Å². The lowest BCUT2D eigenvalue weighted by Crippen LogP contribution is -2.44. The number of nitrogens with zero attached hydrogens (tertiary/aromatic N) is 3. The first kappa shape index (κ1) is 34.0. The number of halogens is 1. The Hall–Kier alpha value is -3.86. The lowest BCUT2D eigenvalue weighted by Gasteiger charge is -2.32. The topological polar surface area (TPSA) is 90.4 Å². The van der Waals surface area contributed by atoms with E-state index in [-0.39, 0.29) is 37.3 Å². The molecule has 8 nitrogen and oxygen atoms in total. The molecule has 0 aliphatic carbocycles. The second-order valence-electron chi connectivity index (χ2n) is 13.9. The molecule has 3 heterocycles. The van der Waals surface area contributed by atoms with Crippen LogP contribution in [0.1, 0.15) is 56.6 Å². The summed E-state index contributed by atoms with van der Waals surface area (Å²) in [6.45, 7) is 5.91. The van der Waals surface area contributed by atoms with Crippen molar-refractivity contribution in [3.8, 4) is 0 Å². The summed E-state index contributed by atoms with van der Waals surface area (Å²) < 4.78 is 23.4. The fourth-order valence-corrected chi connectivity index (χ4v) is 10.6. The standard InChI is InChI=1S/C38H46FN3O5Si/c1-27-36(48(2,3)39)33(25-35(45)40(22-23-43)26-28-14-8-6-9-15-28)47-38(27)31-24-30(41-21-13-5-4-12-18-34(41)44)19-20-32(31)42(37(38)46)29-16-10-7-11-17-29/h6-11,14-17,19-20,24,27,33,36,43H,4-5,12-13,18,21-23,25-26H2,1-3H3/t27-,33+,36-,38+/m0/s1. The molecule has 0 bridgehead atoms. The predicted octanol–water partition coefficient (Wildman–Crippen LogP) is 6.85. The largest absolute Gasteiger partial charge is 0.395 e. The average Bonchev–Trinajstić information content (AvgIpc) is 3.49. The second kappa shape index (κ2) is 13.9. The molecule has 10 heteroatoms. The number of fused-ring (bicyclic) bond motifs is 2.